The third-order valence-electron chi connectivity index (χ3n) is 4.74. The number of alkyl carbamates (subject to hydrolysis) is 1. The van der Waals surface area contributed by atoms with Gasteiger partial charge in [-0.2, -0.15) is 0 Å². The van der Waals surface area contributed by atoms with Crippen molar-refractivity contribution in [3.8, 4) is 0 Å². The summed E-state index contributed by atoms with van der Waals surface area (Å²) in [5, 5.41) is 2.90. The lowest BCUT2D eigenvalue weighted by molar-refractivity contribution is -0.111. The average Bonchev–Trinajstić information content (AvgIpc) is 3.01. The highest BCUT2D eigenvalue weighted by atomic mass is 16.5. The van der Waals surface area contributed by atoms with E-state index in [1.807, 2.05) is 36.4 Å². The average molecular weight is 322 g/mol. The minimum absolute atomic E-state index is 0.0417. The lowest BCUT2D eigenvalue weighted by Gasteiger charge is -2.30. The summed E-state index contributed by atoms with van der Waals surface area (Å²) in [7, 11) is 0. The summed E-state index contributed by atoms with van der Waals surface area (Å²) in [4.78, 5) is 28.7. The summed E-state index contributed by atoms with van der Waals surface area (Å²) in [6, 6.07) is 9.48. The Labute approximate surface area is 140 Å². The summed E-state index contributed by atoms with van der Waals surface area (Å²) < 4.78 is 5.28. The van der Waals surface area contributed by atoms with Gasteiger partial charge in [-0.3, -0.25) is 9.79 Å². The van der Waals surface area contributed by atoms with Crippen LogP contribution in [-0.4, -0.2) is 30.2 Å². The smallest absolute Gasteiger partial charge is 0.407 e. The van der Waals surface area contributed by atoms with Crippen LogP contribution < -0.4 is 5.32 Å². The fraction of sp³-hybridized carbons (Fsp3) is 0.316. The predicted octanol–water partition coefficient (Wildman–Crippen LogP) is 2.58. The Morgan fingerprint density at radius 1 is 1.25 bits per heavy atom. The summed E-state index contributed by atoms with van der Waals surface area (Å²) in [5.74, 6) is 0.275. The van der Waals surface area contributed by atoms with Gasteiger partial charge in [0.05, 0.1) is 5.71 Å². The van der Waals surface area contributed by atoms with E-state index in [4.69, 9.17) is 4.74 Å². The topological polar surface area (TPSA) is 67.8 Å². The Balaban J connectivity index is 1.38. The largest absolute Gasteiger partial charge is 0.445 e. The highest BCUT2D eigenvalue weighted by Gasteiger charge is 2.38. The normalized spacial score (nSPS) is 24.5. The number of ether oxygens (including phenoxy) is 1. The fourth-order valence-corrected chi connectivity index (χ4v) is 3.64. The van der Waals surface area contributed by atoms with Gasteiger partial charge in [-0.25, -0.2) is 4.79 Å². The van der Waals surface area contributed by atoms with Gasteiger partial charge < -0.3 is 10.1 Å². The monoisotopic (exact) mass is 322 g/mol. The van der Waals surface area contributed by atoms with Crippen LogP contribution in [0, 0.1) is 5.92 Å². The van der Waals surface area contributed by atoms with E-state index >= 15 is 0 Å². The van der Waals surface area contributed by atoms with Gasteiger partial charge in [0.15, 0.2) is 5.78 Å². The van der Waals surface area contributed by atoms with Crippen LogP contribution in [0.25, 0.3) is 0 Å². The molecule has 0 fully saturated rings. The van der Waals surface area contributed by atoms with Crippen LogP contribution in [-0.2, 0) is 16.1 Å². The van der Waals surface area contributed by atoms with Gasteiger partial charge in [0.25, 0.3) is 0 Å². The number of allylic oxidation sites excluding steroid dienone is 2. The number of nitrogens with zero attached hydrogens (tertiary/aromatic N) is 1. The molecular formula is C19H18N2O3. The maximum atomic E-state index is 12.1. The zero-order chi connectivity index (χ0) is 16.5. The van der Waals surface area contributed by atoms with Gasteiger partial charge in [-0.1, -0.05) is 30.3 Å². The third kappa shape index (κ3) is 2.77. The molecule has 122 valence electrons. The van der Waals surface area contributed by atoms with Crippen LogP contribution in [0.3, 0.4) is 0 Å². The molecule has 3 aliphatic rings. The number of amides is 1. The van der Waals surface area contributed by atoms with Crippen LogP contribution in [0.5, 0.6) is 0 Å². The van der Waals surface area contributed by atoms with E-state index in [0.717, 1.165) is 28.8 Å². The number of carbonyl (C=O) groups excluding carboxylic acids is 2. The van der Waals surface area contributed by atoms with Crippen LogP contribution in [0.15, 0.2) is 58.6 Å². The Morgan fingerprint density at radius 3 is 2.92 bits per heavy atom. The second-order valence-electron chi connectivity index (χ2n) is 6.36. The first-order valence-corrected chi connectivity index (χ1v) is 8.18. The molecule has 4 rings (SSSR count). The molecule has 1 aromatic carbocycles. The highest BCUT2D eigenvalue weighted by Crippen LogP contribution is 2.38. The molecule has 5 nitrogen and oxygen atoms in total. The van der Waals surface area contributed by atoms with Crippen LogP contribution in [0.4, 0.5) is 4.79 Å². The number of hydrogen-bond donors (Lipinski definition) is 1. The van der Waals surface area contributed by atoms with Crippen molar-refractivity contribution in [2.45, 2.75) is 25.5 Å². The van der Waals surface area contributed by atoms with Crippen molar-refractivity contribution in [1.29, 1.82) is 0 Å². The molecule has 1 aromatic rings. The third-order valence-corrected chi connectivity index (χ3v) is 4.74. The van der Waals surface area contributed by atoms with E-state index in [0.29, 0.717) is 13.0 Å². The lowest BCUT2D eigenvalue weighted by atomic mass is 9.76. The summed E-state index contributed by atoms with van der Waals surface area (Å²) in [6.07, 6.45) is 4.30. The van der Waals surface area contributed by atoms with Gasteiger partial charge in [0.1, 0.15) is 6.61 Å². The van der Waals surface area contributed by atoms with Crippen molar-refractivity contribution in [3.05, 3.63) is 59.2 Å². The van der Waals surface area contributed by atoms with E-state index in [1.165, 1.54) is 0 Å². The number of hydrogen-bond acceptors (Lipinski definition) is 4. The molecule has 1 aliphatic heterocycles. The maximum absolute atomic E-state index is 12.1. The van der Waals surface area contributed by atoms with E-state index in [2.05, 4.69) is 10.3 Å². The maximum Gasteiger partial charge on any atom is 0.407 e. The molecule has 0 saturated heterocycles. The first kappa shape index (κ1) is 14.9. The number of nitrogens with one attached hydrogen (secondary N) is 1. The molecule has 0 aromatic heterocycles. The number of carbonyl (C=O) groups is 2. The molecule has 5 heteroatoms. The van der Waals surface area contributed by atoms with Crippen LogP contribution in [0.1, 0.15) is 18.4 Å². The van der Waals surface area contributed by atoms with Crippen molar-refractivity contribution < 1.29 is 14.3 Å². The first-order valence-electron chi connectivity index (χ1n) is 8.18. The quantitative estimate of drug-likeness (QED) is 0.870. The summed E-state index contributed by atoms with van der Waals surface area (Å²) in [5.41, 5.74) is 3.79. The lowest BCUT2D eigenvalue weighted by Crippen LogP contribution is -2.41. The van der Waals surface area contributed by atoms with Crippen molar-refractivity contribution in [1.82, 2.24) is 5.32 Å². The Bertz CT molecular complexity index is 777. The molecule has 2 aliphatic carbocycles. The van der Waals surface area contributed by atoms with Crippen molar-refractivity contribution in [3.63, 3.8) is 0 Å². The van der Waals surface area contributed by atoms with E-state index < -0.39 is 6.09 Å². The molecule has 24 heavy (non-hydrogen) atoms. The number of ketones is 1. The van der Waals surface area contributed by atoms with Gasteiger partial charge in [0, 0.05) is 24.1 Å². The number of benzene rings is 1. The minimum atomic E-state index is -0.439. The molecule has 1 amide bonds. The molecule has 1 heterocycles. The molecule has 0 unspecified atom stereocenters. The van der Waals surface area contributed by atoms with Crippen molar-refractivity contribution >= 4 is 17.6 Å². The second-order valence-corrected chi connectivity index (χ2v) is 6.36. The van der Waals surface area contributed by atoms with Crippen LogP contribution >= 0.6 is 0 Å². The minimum Gasteiger partial charge on any atom is -0.445 e. The molecule has 0 saturated carbocycles. The fourth-order valence-electron chi connectivity index (χ4n) is 3.64. The SMILES string of the molecule is O=C(N[C@@H]1CC2=C3C(=NC[C@@H]3C1)C=CC2=O)OCc1ccccc1. The number of rotatable bonds is 3. The van der Waals surface area contributed by atoms with E-state index in [1.54, 1.807) is 6.08 Å². The van der Waals surface area contributed by atoms with Gasteiger partial charge in [-0.05, 0) is 36.1 Å². The molecule has 1 N–H and O–H groups in total. The zero-order valence-corrected chi connectivity index (χ0v) is 13.2. The standard InChI is InChI=1S/C19H18N2O3/c22-17-7-6-16-18-13(10-20-16)8-14(9-15(17)18)21-19(23)24-11-12-4-2-1-3-5-12/h1-7,13-14H,8-11H2,(H,21,23)/t13-,14-/m0/s1. The predicted molar refractivity (Wildman–Crippen MR) is 89.7 cm³/mol. The Kier molecular flexibility index (Phi) is 3.76. The Morgan fingerprint density at radius 2 is 2.08 bits per heavy atom. The zero-order valence-electron chi connectivity index (χ0n) is 13.2. The molecular weight excluding hydrogens is 304 g/mol. The summed E-state index contributed by atoms with van der Waals surface area (Å²) >= 11 is 0. The van der Waals surface area contributed by atoms with Gasteiger partial charge in [-0.15, -0.1) is 0 Å². The molecule has 2 atom stereocenters. The van der Waals surface area contributed by atoms with E-state index in [9.17, 15) is 9.59 Å². The van der Waals surface area contributed by atoms with Crippen molar-refractivity contribution in [2.24, 2.45) is 10.9 Å². The van der Waals surface area contributed by atoms with Crippen molar-refractivity contribution in [2.75, 3.05) is 6.54 Å². The molecule has 0 bridgehead atoms. The van der Waals surface area contributed by atoms with E-state index in [-0.39, 0.29) is 24.3 Å². The highest BCUT2D eigenvalue weighted by molar-refractivity contribution is 6.23. The van der Waals surface area contributed by atoms with Crippen LogP contribution in [0.2, 0.25) is 0 Å². The molecule has 0 radical (unpaired) electrons. The second kappa shape index (κ2) is 6.07. The Hall–Kier alpha value is -2.69. The van der Waals surface area contributed by atoms with Gasteiger partial charge in [0.2, 0.25) is 0 Å². The summed E-state index contributed by atoms with van der Waals surface area (Å²) in [6.45, 7) is 0.939. The molecule has 0 spiro atoms. The first-order chi connectivity index (χ1) is 11.7. The number of aliphatic imine (C=N–C) groups is 1. The van der Waals surface area contributed by atoms with Gasteiger partial charge >= 0.3 is 6.09 Å².